The van der Waals surface area contributed by atoms with E-state index in [-0.39, 0.29) is 11.9 Å². The van der Waals surface area contributed by atoms with E-state index in [2.05, 4.69) is 23.6 Å². The molecule has 1 aromatic rings. The second kappa shape index (κ2) is 5.37. The van der Waals surface area contributed by atoms with E-state index in [0.29, 0.717) is 6.54 Å². The van der Waals surface area contributed by atoms with Crippen molar-refractivity contribution in [2.45, 2.75) is 19.5 Å². The fraction of sp³-hybridized carbons (Fsp3) is 0.417. The molecule has 0 bridgehead atoms. The molecule has 1 fully saturated rings. The number of hydrogen-bond acceptors (Lipinski definition) is 3. The lowest BCUT2D eigenvalue weighted by atomic mass is 10.1. The van der Waals surface area contributed by atoms with E-state index in [9.17, 15) is 4.79 Å². The zero-order chi connectivity index (χ0) is 11.4. The Morgan fingerprint density at radius 1 is 1.56 bits per heavy atom. The molecule has 1 heterocycles. The minimum Gasteiger partial charge on any atom is -0.351 e. The van der Waals surface area contributed by atoms with Crippen molar-refractivity contribution < 1.29 is 4.79 Å². The first-order chi connectivity index (χ1) is 7.77. The monoisotopic (exact) mass is 236 g/mol. The summed E-state index contributed by atoms with van der Waals surface area (Å²) in [4.78, 5) is 11.7. The predicted octanol–water partition coefficient (Wildman–Crippen LogP) is 1.27. The summed E-state index contributed by atoms with van der Waals surface area (Å²) in [5, 5.41) is 6.13. The SMILES string of the molecule is Cc1ccccc1CNC(=O)[C@@H]1CSCN1. The Balaban J connectivity index is 1.87. The van der Waals surface area contributed by atoms with Crippen molar-refractivity contribution in [2.75, 3.05) is 11.6 Å². The number of carbonyl (C=O) groups is 1. The third-order valence-corrected chi connectivity index (χ3v) is 3.69. The summed E-state index contributed by atoms with van der Waals surface area (Å²) in [5.41, 5.74) is 2.40. The Morgan fingerprint density at radius 3 is 3.06 bits per heavy atom. The number of hydrogen-bond donors (Lipinski definition) is 2. The molecule has 1 aliphatic rings. The summed E-state index contributed by atoms with van der Waals surface area (Å²) >= 11 is 1.76. The van der Waals surface area contributed by atoms with Gasteiger partial charge in [0.1, 0.15) is 0 Å². The Bertz CT molecular complexity index is 375. The second-order valence-corrected chi connectivity index (χ2v) is 4.95. The fourth-order valence-electron chi connectivity index (χ4n) is 1.68. The van der Waals surface area contributed by atoms with Crippen LogP contribution < -0.4 is 10.6 Å². The summed E-state index contributed by atoms with van der Waals surface area (Å²) in [5.74, 6) is 1.86. The van der Waals surface area contributed by atoms with Crippen LogP contribution in [0.25, 0.3) is 0 Å². The summed E-state index contributed by atoms with van der Waals surface area (Å²) < 4.78 is 0. The standard InChI is InChI=1S/C12H16N2OS/c1-9-4-2-3-5-10(9)6-13-12(15)11-7-16-8-14-11/h2-5,11,14H,6-8H2,1H3,(H,13,15)/t11-/m0/s1. The van der Waals surface area contributed by atoms with Gasteiger partial charge >= 0.3 is 0 Å². The molecule has 0 saturated carbocycles. The number of aryl methyl sites for hydroxylation is 1. The number of carbonyl (C=O) groups excluding carboxylic acids is 1. The molecule has 0 spiro atoms. The van der Waals surface area contributed by atoms with Crippen LogP contribution in [-0.2, 0) is 11.3 Å². The molecule has 0 unspecified atom stereocenters. The zero-order valence-corrected chi connectivity index (χ0v) is 10.1. The van der Waals surface area contributed by atoms with Gasteiger partial charge in [-0.2, -0.15) is 0 Å². The van der Waals surface area contributed by atoms with Crippen LogP contribution >= 0.6 is 11.8 Å². The highest BCUT2D eigenvalue weighted by Gasteiger charge is 2.21. The zero-order valence-electron chi connectivity index (χ0n) is 9.32. The molecule has 0 aromatic heterocycles. The van der Waals surface area contributed by atoms with Crippen molar-refractivity contribution in [1.29, 1.82) is 0 Å². The first-order valence-corrected chi connectivity index (χ1v) is 6.56. The summed E-state index contributed by atoms with van der Waals surface area (Å²) in [7, 11) is 0. The van der Waals surface area contributed by atoms with Crippen molar-refractivity contribution in [3.8, 4) is 0 Å². The Hall–Kier alpha value is -1.000. The lowest BCUT2D eigenvalue weighted by molar-refractivity contribution is -0.122. The third kappa shape index (κ3) is 2.77. The molecule has 3 nitrogen and oxygen atoms in total. The molecule has 2 rings (SSSR count). The van der Waals surface area contributed by atoms with Crippen LogP contribution in [0.3, 0.4) is 0 Å². The highest BCUT2D eigenvalue weighted by Crippen LogP contribution is 2.10. The average molecular weight is 236 g/mol. The van der Waals surface area contributed by atoms with Crippen molar-refractivity contribution in [3.05, 3.63) is 35.4 Å². The van der Waals surface area contributed by atoms with Crippen LogP contribution in [0.1, 0.15) is 11.1 Å². The normalized spacial score (nSPS) is 19.7. The largest absolute Gasteiger partial charge is 0.351 e. The van der Waals surface area contributed by atoms with Crippen LogP contribution in [0.2, 0.25) is 0 Å². The van der Waals surface area contributed by atoms with E-state index in [4.69, 9.17) is 0 Å². The van der Waals surface area contributed by atoms with Crippen LogP contribution in [0.5, 0.6) is 0 Å². The van der Waals surface area contributed by atoms with Gasteiger partial charge in [-0.05, 0) is 18.1 Å². The molecular formula is C12H16N2OS. The first kappa shape index (κ1) is 11.5. The van der Waals surface area contributed by atoms with E-state index >= 15 is 0 Å². The smallest absolute Gasteiger partial charge is 0.238 e. The van der Waals surface area contributed by atoms with Crippen molar-refractivity contribution in [3.63, 3.8) is 0 Å². The van der Waals surface area contributed by atoms with Gasteiger partial charge in [0.25, 0.3) is 0 Å². The molecule has 16 heavy (non-hydrogen) atoms. The topological polar surface area (TPSA) is 41.1 Å². The molecule has 0 radical (unpaired) electrons. The van der Waals surface area contributed by atoms with E-state index in [1.54, 1.807) is 11.8 Å². The van der Waals surface area contributed by atoms with Crippen molar-refractivity contribution >= 4 is 17.7 Å². The number of amides is 1. The minimum atomic E-state index is -0.0194. The third-order valence-electron chi connectivity index (χ3n) is 2.75. The van der Waals surface area contributed by atoms with Gasteiger partial charge in [-0.25, -0.2) is 0 Å². The van der Waals surface area contributed by atoms with Crippen LogP contribution in [-0.4, -0.2) is 23.6 Å². The molecule has 1 aliphatic heterocycles. The van der Waals surface area contributed by atoms with Crippen LogP contribution in [0.15, 0.2) is 24.3 Å². The molecule has 1 aromatic carbocycles. The van der Waals surface area contributed by atoms with Crippen molar-refractivity contribution in [2.24, 2.45) is 0 Å². The van der Waals surface area contributed by atoms with Crippen LogP contribution in [0, 0.1) is 6.92 Å². The highest BCUT2D eigenvalue weighted by molar-refractivity contribution is 7.99. The predicted molar refractivity (Wildman–Crippen MR) is 67.3 cm³/mol. The second-order valence-electron chi connectivity index (χ2n) is 3.92. The number of nitrogens with one attached hydrogen (secondary N) is 2. The quantitative estimate of drug-likeness (QED) is 0.830. The highest BCUT2D eigenvalue weighted by atomic mass is 32.2. The van der Waals surface area contributed by atoms with E-state index in [1.807, 2.05) is 18.2 Å². The molecule has 86 valence electrons. The Kier molecular flexibility index (Phi) is 3.85. The lowest BCUT2D eigenvalue weighted by Gasteiger charge is -2.11. The van der Waals surface area contributed by atoms with Gasteiger partial charge in [0.2, 0.25) is 5.91 Å². The molecule has 2 N–H and O–H groups in total. The molecule has 1 amide bonds. The average Bonchev–Trinajstić information content (AvgIpc) is 2.81. The molecule has 0 aliphatic carbocycles. The van der Waals surface area contributed by atoms with Crippen LogP contribution in [0.4, 0.5) is 0 Å². The maximum absolute atomic E-state index is 11.7. The molecule has 1 atom stereocenters. The van der Waals surface area contributed by atoms with Gasteiger partial charge in [0, 0.05) is 18.2 Å². The number of rotatable bonds is 3. The number of thioether (sulfide) groups is 1. The summed E-state index contributed by atoms with van der Waals surface area (Å²) in [6, 6.07) is 8.10. The van der Waals surface area contributed by atoms with E-state index in [1.165, 1.54) is 11.1 Å². The summed E-state index contributed by atoms with van der Waals surface area (Å²) in [6.07, 6.45) is 0. The fourth-order valence-corrected chi connectivity index (χ4v) is 2.62. The summed E-state index contributed by atoms with van der Waals surface area (Å²) in [6.45, 7) is 2.68. The van der Waals surface area contributed by atoms with Gasteiger partial charge in [-0.3, -0.25) is 10.1 Å². The maximum atomic E-state index is 11.7. The molecule has 4 heteroatoms. The van der Waals surface area contributed by atoms with Gasteiger partial charge in [-0.15, -0.1) is 11.8 Å². The van der Waals surface area contributed by atoms with Gasteiger partial charge in [0.05, 0.1) is 6.04 Å². The van der Waals surface area contributed by atoms with Crippen molar-refractivity contribution in [1.82, 2.24) is 10.6 Å². The molecular weight excluding hydrogens is 220 g/mol. The van der Waals surface area contributed by atoms with E-state index < -0.39 is 0 Å². The molecule has 1 saturated heterocycles. The van der Waals surface area contributed by atoms with Gasteiger partial charge < -0.3 is 5.32 Å². The lowest BCUT2D eigenvalue weighted by Crippen LogP contribution is -2.41. The van der Waals surface area contributed by atoms with Gasteiger partial charge in [-0.1, -0.05) is 24.3 Å². The minimum absolute atomic E-state index is 0.0194. The Morgan fingerprint density at radius 2 is 2.38 bits per heavy atom. The number of benzene rings is 1. The van der Waals surface area contributed by atoms with Gasteiger partial charge in [0.15, 0.2) is 0 Å². The van der Waals surface area contributed by atoms with E-state index in [0.717, 1.165) is 11.6 Å². The Labute approximate surface area is 100.0 Å². The first-order valence-electron chi connectivity index (χ1n) is 5.41. The maximum Gasteiger partial charge on any atom is 0.238 e.